The second-order valence-corrected chi connectivity index (χ2v) is 6.68. The van der Waals surface area contributed by atoms with Gasteiger partial charge < -0.3 is 0 Å². The number of hydrazine groups is 1. The van der Waals surface area contributed by atoms with Gasteiger partial charge in [0.05, 0.1) is 0 Å². The van der Waals surface area contributed by atoms with Gasteiger partial charge >= 0.3 is 123 Å². The normalized spacial score (nSPS) is 12.0. The fourth-order valence-electron chi connectivity index (χ4n) is 2.23. The number of carbonyl (C=O) groups excluding carboxylic acids is 2. The number of hydrogen-bond donors (Lipinski definition) is 2. The molecule has 0 radical (unpaired) electrons. The third-order valence-corrected chi connectivity index (χ3v) is 4.40. The van der Waals surface area contributed by atoms with Crippen molar-refractivity contribution in [3.63, 3.8) is 0 Å². The molecule has 0 spiro atoms. The first-order valence-electron chi connectivity index (χ1n) is 8.91. The average Bonchev–Trinajstić information content (AvgIpc) is 2.53. The molecule has 1 amide bonds. The van der Waals surface area contributed by atoms with E-state index in [0.29, 0.717) is 11.9 Å². The SMILES string of the molecule is CCCCCCCCCCCCOC(=O)[C@H](C[SeH])NNC(C)=O. The number of nitrogens with one attached hydrogen (secondary N) is 2. The maximum atomic E-state index is 11.8. The zero-order valence-electron chi connectivity index (χ0n) is 14.7. The van der Waals surface area contributed by atoms with Crippen molar-refractivity contribution >= 4 is 27.9 Å². The topological polar surface area (TPSA) is 67.4 Å². The predicted molar refractivity (Wildman–Crippen MR) is 95.5 cm³/mol. The number of rotatable bonds is 15. The maximum absolute atomic E-state index is 11.8. The first-order chi connectivity index (χ1) is 11.1. The summed E-state index contributed by atoms with van der Waals surface area (Å²) < 4.78 is 5.24. The molecule has 0 unspecified atom stereocenters. The van der Waals surface area contributed by atoms with Gasteiger partial charge in [0.1, 0.15) is 0 Å². The van der Waals surface area contributed by atoms with Crippen LogP contribution < -0.4 is 10.9 Å². The van der Waals surface area contributed by atoms with E-state index in [1.807, 2.05) is 0 Å². The van der Waals surface area contributed by atoms with E-state index >= 15 is 0 Å². The molecule has 1 atom stereocenters. The molecule has 0 heterocycles. The van der Waals surface area contributed by atoms with Gasteiger partial charge in [0.25, 0.3) is 0 Å². The first-order valence-corrected chi connectivity index (χ1v) is 10.2. The molecule has 6 heteroatoms. The summed E-state index contributed by atoms with van der Waals surface area (Å²) in [7, 11) is 0. The van der Waals surface area contributed by atoms with Crippen molar-refractivity contribution in [1.29, 1.82) is 0 Å². The van der Waals surface area contributed by atoms with Crippen LogP contribution in [0.15, 0.2) is 0 Å². The van der Waals surface area contributed by atoms with Crippen LogP contribution in [0.25, 0.3) is 0 Å². The number of unbranched alkanes of at least 4 members (excludes halogenated alkanes) is 9. The summed E-state index contributed by atoms with van der Waals surface area (Å²) in [6.07, 6.45) is 12.6. The molecule has 0 fully saturated rings. The van der Waals surface area contributed by atoms with Crippen molar-refractivity contribution < 1.29 is 14.3 Å². The van der Waals surface area contributed by atoms with Crippen LogP contribution in [0.5, 0.6) is 0 Å². The van der Waals surface area contributed by atoms with Crippen molar-refractivity contribution in [2.45, 2.75) is 89.4 Å². The molecule has 0 aliphatic carbocycles. The molecule has 0 aliphatic heterocycles. The third kappa shape index (κ3) is 14.7. The van der Waals surface area contributed by atoms with Crippen LogP contribution in [-0.2, 0) is 14.3 Å². The Bertz CT molecular complexity index is 314. The van der Waals surface area contributed by atoms with E-state index in [1.54, 1.807) is 0 Å². The van der Waals surface area contributed by atoms with Crippen LogP contribution in [0.2, 0.25) is 5.32 Å². The second-order valence-electron chi connectivity index (χ2n) is 5.91. The third-order valence-electron chi connectivity index (χ3n) is 3.63. The average molecular weight is 393 g/mol. The van der Waals surface area contributed by atoms with Crippen LogP contribution in [0, 0.1) is 0 Å². The van der Waals surface area contributed by atoms with E-state index in [1.165, 1.54) is 58.3 Å². The van der Waals surface area contributed by atoms with E-state index in [9.17, 15) is 9.59 Å². The van der Waals surface area contributed by atoms with E-state index in [2.05, 4.69) is 33.8 Å². The molecule has 0 bridgehead atoms. The number of ether oxygens (including phenoxy) is 1. The van der Waals surface area contributed by atoms with Gasteiger partial charge in [-0.2, -0.15) is 0 Å². The quantitative estimate of drug-likeness (QED) is 0.194. The van der Waals surface area contributed by atoms with Crippen molar-refractivity contribution in [2.24, 2.45) is 0 Å². The summed E-state index contributed by atoms with van der Waals surface area (Å²) in [6.45, 7) is 4.09. The molecule has 136 valence electrons. The molecule has 0 aromatic rings. The Balaban J connectivity index is 3.45. The molecule has 23 heavy (non-hydrogen) atoms. The van der Waals surface area contributed by atoms with E-state index in [0.717, 1.165) is 12.8 Å². The molecular weight excluding hydrogens is 359 g/mol. The molecule has 0 saturated heterocycles. The summed E-state index contributed by atoms with van der Waals surface area (Å²) in [5.74, 6) is -0.534. The molecule has 0 aromatic carbocycles. The summed E-state index contributed by atoms with van der Waals surface area (Å²) in [4.78, 5) is 22.6. The van der Waals surface area contributed by atoms with Crippen molar-refractivity contribution in [2.75, 3.05) is 6.61 Å². The number of esters is 1. The molecule has 0 rings (SSSR count). The Kier molecular flexibility index (Phi) is 15.9. The van der Waals surface area contributed by atoms with Crippen LogP contribution in [0.3, 0.4) is 0 Å². The Morgan fingerprint density at radius 3 is 1.96 bits per heavy atom. The molecule has 0 aromatic heterocycles. The summed E-state index contributed by atoms with van der Waals surface area (Å²) in [6, 6.07) is -0.498. The van der Waals surface area contributed by atoms with Gasteiger partial charge in [0.2, 0.25) is 0 Å². The van der Waals surface area contributed by atoms with Crippen molar-refractivity contribution in [3.8, 4) is 0 Å². The molecule has 0 aliphatic rings. The summed E-state index contributed by atoms with van der Waals surface area (Å²) in [5, 5.41) is 0.518. The summed E-state index contributed by atoms with van der Waals surface area (Å²) >= 11 is 2.33. The van der Waals surface area contributed by atoms with E-state index in [-0.39, 0.29) is 11.9 Å². The Morgan fingerprint density at radius 1 is 0.957 bits per heavy atom. The monoisotopic (exact) mass is 394 g/mol. The minimum absolute atomic E-state index is 0.224. The standard InChI is InChI=1S/C17H34N2O3Se/c1-3-4-5-6-7-8-9-10-11-12-13-22-17(21)16(14-23)19-18-15(2)20/h16,19,23H,3-14H2,1-2H3,(H,18,20)/t16-/m0/s1. The van der Waals surface area contributed by atoms with Gasteiger partial charge in [-0.15, -0.1) is 0 Å². The van der Waals surface area contributed by atoms with Crippen LogP contribution >= 0.6 is 0 Å². The van der Waals surface area contributed by atoms with Gasteiger partial charge in [0.15, 0.2) is 0 Å². The van der Waals surface area contributed by atoms with Gasteiger partial charge in [-0.05, 0) is 0 Å². The second kappa shape index (κ2) is 16.3. The van der Waals surface area contributed by atoms with Gasteiger partial charge in [-0.25, -0.2) is 0 Å². The van der Waals surface area contributed by atoms with Gasteiger partial charge in [-0.1, -0.05) is 26.2 Å². The van der Waals surface area contributed by atoms with E-state index < -0.39 is 6.04 Å². The first kappa shape index (κ1) is 22.4. The van der Waals surface area contributed by atoms with Crippen molar-refractivity contribution in [3.05, 3.63) is 0 Å². The van der Waals surface area contributed by atoms with Gasteiger partial charge in [0, 0.05) is 0 Å². The van der Waals surface area contributed by atoms with Crippen LogP contribution in [-0.4, -0.2) is 40.5 Å². The van der Waals surface area contributed by atoms with Crippen molar-refractivity contribution in [1.82, 2.24) is 10.9 Å². The zero-order chi connectivity index (χ0) is 17.3. The number of hydrogen-bond acceptors (Lipinski definition) is 4. The zero-order valence-corrected chi connectivity index (χ0v) is 16.6. The summed E-state index contributed by atoms with van der Waals surface area (Å²) in [5.41, 5.74) is 5.09. The molecule has 0 saturated carbocycles. The predicted octanol–water partition coefficient (Wildman–Crippen LogP) is 2.78. The van der Waals surface area contributed by atoms with Gasteiger partial charge in [-0.3, -0.25) is 0 Å². The van der Waals surface area contributed by atoms with Crippen LogP contribution in [0.1, 0.15) is 78.1 Å². The van der Waals surface area contributed by atoms with E-state index in [4.69, 9.17) is 4.74 Å². The molecular formula is C17H34N2O3Se. The fraction of sp³-hybridized carbons (Fsp3) is 0.882. The Hall–Kier alpha value is -0.581. The molecule has 2 N–H and O–H groups in total. The number of carbonyl (C=O) groups is 2. The minimum atomic E-state index is -0.498. The Morgan fingerprint density at radius 2 is 1.48 bits per heavy atom. The Labute approximate surface area is 149 Å². The fourth-order valence-corrected chi connectivity index (χ4v) is 2.73. The number of amides is 1. The molecule has 5 nitrogen and oxygen atoms in total. The van der Waals surface area contributed by atoms with Crippen LogP contribution in [0.4, 0.5) is 0 Å².